The van der Waals surface area contributed by atoms with E-state index in [-0.39, 0.29) is 5.91 Å². The fraction of sp³-hybridized carbons (Fsp3) is 0.133. The fourth-order valence-corrected chi connectivity index (χ4v) is 3.59. The van der Waals surface area contributed by atoms with Crippen molar-refractivity contribution in [3.63, 3.8) is 0 Å². The molecule has 0 fully saturated rings. The maximum absolute atomic E-state index is 12.5. The van der Waals surface area contributed by atoms with E-state index in [1.807, 2.05) is 91.0 Å². The monoisotopic (exact) mass is 558 g/mol. The van der Waals surface area contributed by atoms with Gasteiger partial charge >= 0.3 is 0 Å². The van der Waals surface area contributed by atoms with Crippen LogP contribution in [-0.4, -0.2) is 18.2 Å². The van der Waals surface area contributed by atoms with E-state index >= 15 is 0 Å². The number of hydrogen-bond donors (Lipinski definition) is 1. The molecule has 4 aromatic rings. The lowest BCUT2D eigenvalue weighted by molar-refractivity contribution is -0.127. The summed E-state index contributed by atoms with van der Waals surface area (Å²) in [4.78, 5) is 12.5. The highest BCUT2D eigenvalue weighted by molar-refractivity contribution is 9.10. The predicted octanol–water partition coefficient (Wildman–Crippen LogP) is 6.52. The molecule has 6 nitrogen and oxygen atoms in total. The number of nitrogens with one attached hydrogen (secondary N) is 1. The Labute approximate surface area is 225 Å². The Morgan fingerprint density at radius 2 is 1.43 bits per heavy atom. The number of hydrazone groups is 1. The summed E-state index contributed by atoms with van der Waals surface area (Å²) in [5.41, 5.74) is 5.41. The van der Waals surface area contributed by atoms with Gasteiger partial charge in [-0.2, -0.15) is 5.10 Å². The molecule has 0 bridgehead atoms. The summed E-state index contributed by atoms with van der Waals surface area (Å²) in [5, 5.41) is 4.09. The van der Waals surface area contributed by atoms with Gasteiger partial charge in [-0.25, -0.2) is 5.43 Å². The second-order valence-corrected chi connectivity index (χ2v) is 9.11. The molecule has 1 amide bonds. The molecule has 4 aromatic carbocycles. The van der Waals surface area contributed by atoms with Gasteiger partial charge in [0.1, 0.15) is 30.5 Å². The zero-order valence-corrected chi connectivity index (χ0v) is 21.9. The number of ether oxygens (including phenoxy) is 3. The zero-order valence-electron chi connectivity index (χ0n) is 20.3. The van der Waals surface area contributed by atoms with Gasteiger partial charge in [-0.15, -0.1) is 0 Å². The normalized spacial score (nSPS) is 11.6. The van der Waals surface area contributed by atoms with Crippen LogP contribution in [0.5, 0.6) is 17.2 Å². The number of para-hydroxylation sites is 1. The van der Waals surface area contributed by atoms with Gasteiger partial charge in [-0.1, -0.05) is 70.5 Å². The van der Waals surface area contributed by atoms with Gasteiger partial charge in [0.25, 0.3) is 5.91 Å². The minimum Gasteiger partial charge on any atom is -0.489 e. The number of amides is 1. The third kappa shape index (κ3) is 8.22. The molecule has 188 valence electrons. The summed E-state index contributed by atoms with van der Waals surface area (Å²) in [5.74, 6) is 1.58. The molecule has 1 unspecified atom stereocenters. The standard InChI is InChI=1S/C30H27BrN2O4/c1-22(37-28-17-15-27(16-18-28)35-20-23-7-3-2-4-8-23)30(34)33-32-19-25-9-5-6-10-29(25)36-21-24-11-13-26(31)14-12-24/h2-19,22H,20-21H2,1H3,(H,33,34). The molecule has 1 atom stereocenters. The molecule has 0 radical (unpaired) electrons. The zero-order chi connectivity index (χ0) is 25.9. The quantitative estimate of drug-likeness (QED) is 0.168. The lowest BCUT2D eigenvalue weighted by Crippen LogP contribution is -2.33. The summed E-state index contributed by atoms with van der Waals surface area (Å²) in [6.45, 7) is 2.57. The molecule has 0 aliphatic carbocycles. The Kier molecular flexibility index (Phi) is 9.32. The summed E-state index contributed by atoms with van der Waals surface area (Å²) in [7, 11) is 0. The van der Waals surface area contributed by atoms with Crippen molar-refractivity contribution >= 4 is 28.1 Å². The average molecular weight is 559 g/mol. The van der Waals surface area contributed by atoms with Crippen LogP contribution in [0.3, 0.4) is 0 Å². The summed E-state index contributed by atoms with van der Waals surface area (Å²) in [6, 6.07) is 32.5. The van der Waals surface area contributed by atoms with Crippen molar-refractivity contribution in [2.75, 3.05) is 0 Å². The molecule has 0 aromatic heterocycles. The Bertz CT molecular complexity index is 1310. The maximum Gasteiger partial charge on any atom is 0.280 e. The third-order valence-electron chi connectivity index (χ3n) is 5.36. The van der Waals surface area contributed by atoms with Crippen LogP contribution in [0.25, 0.3) is 0 Å². The first-order chi connectivity index (χ1) is 18.1. The smallest absolute Gasteiger partial charge is 0.280 e. The van der Waals surface area contributed by atoms with Crippen LogP contribution in [0.15, 0.2) is 113 Å². The molecule has 0 saturated carbocycles. The SMILES string of the molecule is CC(Oc1ccc(OCc2ccccc2)cc1)C(=O)NN=Cc1ccccc1OCc1ccc(Br)cc1. The second kappa shape index (κ2) is 13.3. The van der Waals surface area contributed by atoms with Gasteiger partial charge in [-0.3, -0.25) is 4.79 Å². The highest BCUT2D eigenvalue weighted by atomic mass is 79.9. The van der Waals surface area contributed by atoms with E-state index in [0.29, 0.717) is 24.7 Å². The Morgan fingerprint density at radius 1 is 0.811 bits per heavy atom. The maximum atomic E-state index is 12.5. The van der Waals surface area contributed by atoms with Crippen molar-refractivity contribution < 1.29 is 19.0 Å². The van der Waals surface area contributed by atoms with Gasteiger partial charge in [0.05, 0.1) is 6.21 Å². The van der Waals surface area contributed by atoms with Crippen LogP contribution < -0.4 is 19.6 Å². The first-order valence-electron chi connectivity index (χ1n) is 11.8. The number of benzene rings is 4. The second-order valence-electron chi connectivity index (χ2n) is 8.19. The van der Waals surface area contributed by atoms with Crippen LogP contribution >= 0.6 is 15.9 Å². The third-order valence-corrected chi connectivity index (χ3v) is 5.89. The number of halogens is 1. The highest BCUT2D eigenvalue weighted by Crippen LogP contribution is 2.20. The highest BCUT2D eigenvalue weighted by Gasteiger charge is 2.14. The van der Waals surface area contributed by atoms with Crippen LogP contribution in [0, 0.1) is 0 Å². The summed E-state index contributed by atoms with van der Waals surface area (Å²) >= 11 is 3.43. The number of nitrogens with zero attached hydrogens (tertiary/aromatic N) is 1. The van der Waals surface area contributed by atoms with E-state index in [0.717, 1.165) is 26.9 Å². The molecule has 0 spiro atoms. The van der Waals surface area contributed by atoms with Crippen molar-refractivity contribution in [1.29, 1.82) is 0 Å². The molecule has 0 saturated heterocycles. The molecule has 1 N–H and O–H groups in total. The Morgan fingerprint density at radius 3 is 2.19 bits per heavy atom. The van der Waals surface area contributed by atoms with E-state index in [4.69, 9.17) is 14.2 Å². The van der Waals surface area contributed by atoms with E-state index in [1.54, 1.807) is 25.3 Å². The van der Waals surface area contributed by atoms with E-state index in [9.17, 15) is 4.79 Å². The molecular formula is C30H27BrN2O4. The Hall–Kier alpha value is -4.10. The van der Waals surface area contributed by atoms with Crippen LogP contribution in [0.2, 0.25) is 0 Å². The van der Waals surface area contributed by atoms with E-state index < -0.39 is 6.10 Å². The van der Waals surface area contributed by atoms with Gasteiger partial charge < -0.3 is 14.2 Å². The molecule has 0 heterocycles. The van der Waals surface area contributed by atoms with Crippen molar-refractivity contribution in [3.05, 3.63) is 124 Å². The summed E-state index contributed by atoms with van der Waals surface area (Å²) < 4.78 is 18.5. The van der Waals surface area contributed by atoms with Crippen LogP contribution in [0.4, 0.5) is 0 Å². The van der Waals surface area contributed by atoms with Crippen molar-refractivity contribution in [2.24, 2.45) is 5.10 Å². The number of carbonyl (C=O) groups excluding carboxylic acids is 1. The van der Waals surface area contributed by atoms with E-state index in [2.05, 4.69) is 26.5 Å². The van der Waals surface area contributed by atoms with Gasteiger partial charge in [0.2, 0.25) is 0 Å². The number of rotatable bonds is 11. The summed E-state index contributed by atoms with van der Waals surface area (Å²) in [6.07, 6.45) is 0.817. The van der Waals surface area contributed by atoms with Crippen LogP contribution in [0.1, 0.15) is 23.6 Å². The fourth-order valence-electron chi connectivity index (χ4n) is 3.33. The topological polar surface area (TPSA) is 69.2 Å². The molecule has 4 rings (SSSR count). The Balaban J connectivity index is 1.25. The first kappa shape index (κ1) is 26.0. The first-order valence-corrected chi connectivity index (χ1v) is 12.6. The predicted molar refractivity (Wildman–Crippen MR) is 148 cm³/mol. The number of carbonyl (C=O) groups is 1. The lowest BCUT2D eigenvalue weighted by atomic mass is 10.2. The molecular weight excluding hydrogens is 532 g/mol. The van der Waals surface area contributed by atoms with Gasteiger partial charge in [-0.05, 0) is 66.6 Å². The molecule has 7 heteroatoms. The number of hydrogen-bond acceptors (Lipinski definition) is 5. The van der Waals surface area contributed by atoms with Gasteiger partial charge in [0.15, 0.2) is 6.10 Å². The van der Waals surface area contributed by atoms with E-state index in [1.165, 1.54) is 0 Å². The molecule has 0 aliphatic heterocycles. The molecule has 0 aliphatic rings. The van der Waals surface area contributed by atoms with Crippen molar-refractivity contribution in [3.8, 4) is 17.2 Å². The van der Waals surface area contributed by atoms with Gasteiger partial charge in [0, 0.05) is 10.0 Å². The van der Waals surface area contributed by atoms with Crippen molar-refractivity contribution in [2.45, 2.75) is 26.2 Å². The molecule has 37 heavy (non-hydrogen) atoms. The average Bonchev–Trinajstić information content (AvgIpc) is 2.93. The van der Waals surface area contributed by atoms with Crippen molar-refractivity contribution in [1.82, 2.24) is 5.43 Å². The minimum absolute atomic E-state index is 0.367. The minimum atomic E-state index is -0.739. The lowest BCUT2D eigenvalue weighted by Gasteiger charge is -2.14. The largest absolute Gasteiger partial charge is 0.489 e. The van der Waals surface area contributed by atoms with Crippen LogP contribution in [-0.2, 0) is 18.0 Å².